The minimum atomic E-state index is -1.18. The molecular weight excluding hydrogens is 281 g/mol. The average Bonchev–Trinajstić information content (AvgIpc) is 2.25. The van der Waals surface area contributed by atoms with Crippen molar-refractivity contribution in [1.82, 2.24) is 5.32 Å². The van der Waals surface area contributed by atoms with Crippen LogP contribution in [0.4, 0.5) is 0 Å². The Balaban J connectivity index is 2.66. The van der Waals surface area contributed by atoms with Gasteiger partial charge < -0.3 is 15.2 Å². The second-order valence-electron chi connectivity index (χ2n) is 3.48. The summed E-state index contributed by atoms with van der Waals surface area (Å²) in [4.78, 5) is 21.7. The number of benzene rings is 1. The Labute approximate surface area is 114 Å². The number of hydrogen-bond donors (Lipinski definition) is 2. The summed E-state index contributed by atoms with van der Waals surface area (Å²) in [6, 6.07) is 3.44. The highest BCUT2D eigenvalue weighted by Crippen LogP contribution is 2.27. The minimum absolute atomic E-state index is 0.226. The van der Waals surface area contributed by atoms with Gasteiger partial charge in [0.25, 0.3) is 0 Å². The molecule has 0 heterocycles. The number of rotatable bonds is 5. The molecule has 0 saturated heterocycles. The van der Waals surface area contributed by atoms with E-state index in [1.54, 1.807) is 6.07 Å². The molecule has 1 rings (SSSR count). The van der Waals surface area contributed by atoms with Gasteiger partial charge in [0.2, 0.25) is 5.91 Å². The zero-order valence-corrected chi connectivity index (χ0v) is 11.0. The highest BCUT2D eigenvalue weighted by molar-refractivity contribution is 6.35. The predicted molar refractivity (Wildman–Crippen MR) is 67.2 cm³/mol. The first-order valence-electron chi connectivity index (χ1n) is 4.98. The van der Waals surface area contributed by atoms with Crippen LogP contribution >= 0.6 is 23.2 Å². The van der Waals surface area contributed by atoms with E-state index in [1.165, 1.54) is 19.1 Å². The van der Waals surface area contributed by atoms with Crippen LogP contribution in [0, 0.1) is 0 Å². The maximum atomic E-state index is 10.8. The lowest BCUT2D eigenvalue weighted by Gasteiger charge is -2.15. The van der Waals surface area contributed by atoms with E-state index in [0.29, 0.717) is 10.8 Å². The van der Waals surface area contributed by atoms with Crippen molar-refractivity contribution in [1.29, 1.82) is 0 Å². The Hall–Kier alpha value is -1.46. The van der Waals surface area contributed by atoms with Gasteiger partial charge in [-0.3, -0.25) is 4.79 Å². The van der Waals surface area contributed by atoms with E-state index in [4.69, 9.17) is 33.0 Å². The average molecular weight is 292 g/mol. The van der Waals surface area contributed by atoms with Gasteiger partial charge in [-0.25, -0.2) is 4.79 Å². The van der Waals surface area contributed by atoms with E-state index in [1.807, 2.05) is 0 Å². The first kappa shape index (κ1) is 14.6. The molecule has 0 aliphatic heterocycles. The number of hydrogen-bond acceptors (Lipinski definition) is 3. The zero-order valence-electron chi connectivity index (χ0n) is 9.44. The summed E-state index contributed by atoms with van der Waals surface area (Å²) in [6.07, 6.45) is 0. The fourth-order valence-corrected chi connectivity index (χ4v) is 1.65. The molecule has 1 aromatic carbocycles. The molecule has 1 unspecified atom stereocenters. The maximum Gasteiger partial charge on any atom is 0.329 e. The van der Waals surface area contributed by atoms with Crippen LogP contribution < -0.4 is 10.1 Å². The van der Waals surface area contributed by atoms with Crippen molar-refractivity contribution >= 4 is 35.1 Å². The van der Waals surface area contributed by atoms with Gasteiger partial charge in [-0.05, 0) is 18.2 Å². The first-order chi connectivity index (χ1) is 8.40. The van der Waals surface area contributed by atoms with Crippen molar-refractivity contribution in [2.75, 3.05) is 6.61 Å². The molecule has 7 heteroatoms. The lowest BCUT2D eigenvalue weighted by atomic mass is 10.3. The molecule has 5 nitrogen and oxygen atoms in total. The van der Waals surface area contributed by atoms with Crippen molar-refractivity contribution in [3.8, 4) is 5.75 Å². The summed E-state index contributed by atoms with van der Waals surface area (Å²) in [5, 5.41) is 11.8. The fraction of sp³-hybridized carbons (Fsp3) is 0.273. The van der Waals surface area contributed by atoms with E-state index < -0.39 is 17.9 Å². The van der Waals surface area contributed by atoms with Gasteiger partial charge in [0.1, 0.15) is 12.4 Å². The van der Waals surface area contributed by atoms with Crippen molar-refractivity contribution in [3.63, 3.8) is 0 Å². The maximum absolute atomic E-state index is 10.8. The number of aliphatic carboxylic acids is 1. The molecule has 1 atom stereocenters. The summed E-state index contributed by atoms with van der Waals surface area (Å²) in [5.74, 6) is -1.33. The molecule has 0 aliphatic rings. The zero-order chi connectivity index (χ0) is 13.7. The van der Waals surface area contributed by atoms with Crippen LogP contribution in [0.2, 0.25) is 10.0 Å². The molecule has 0 radical (unpaired) electrons. The summed E-state index contributed by atoms with van der Waals surface area (Å²) in [6.45, 7) is 1.00. The standard InChI is InChI=1S/C11H11Cl2NO4/c1-6(15)14-9(11(16)17)5-18-10-3-2-7(12)4-8(10)13/h2-4,9H,5H2,1H3,(H,14,15)(H,16,17). The van der Waals surface area contributed by atoms with Gasteiger partial charge in [-0.2, -0.15) is 0 Å². The van der Waals surface area contributed by atoms with Crippen LogP contribution in [0.15, 0.2) is 18.2 Å². The van der Waals surface area contributed by atoms with Crippen LogP contribution in [-0.2, 0) is 9.59 Å². The number of carbonyl (C=O) groups is 2. The highest BCUT2D eigenvalue weighted by Gasteiger charge is 2.19. The van der Waals surface area contributed by atoms with Crippen molar-refractivity contribution in [2.24, 2.45) is 0 Å². The van der Waals surface area contributed by atoms with Crippen LogP contribution in [-0.4, -0.2) is 29.6 Å². The van der Waals surface area contributed by atoms with E-state index in [9.17, 15) is 9.59 Å². The van der Waals surface area contributed by atoms with Gasteiger partial charge in [-0.1, -0.05) is 23.2 Å². The molecule has 0 aliphatic carbocycles. The normalized spacial score (nSPS) is 11.7. The quantitative estimate of drug-likeness (QED) is 0.870. The van der Waals surface area contributed by atoms with Crippen LogP contribution in [0.5, 0.6) is 5.75 Å². The third kappa shape index (κ3) is 4.43. The minimum Gasteiger partial charge on any atom is -0.489 e. The van der Waals surface area contributed by atoms with Crippen LogP contribution in [0.1, 0.15) is 6.92 Å². The largest absolute Gasteiger partial charge is 0.489 e. The summed E-state index contributed by atoms with van der Waals surface area (Å²) in [7, 11) is 0. The second kappa shape index (κ2) is 6.47. The lowest BCUT2D eigenvalue weighted by molar-refractivity contribution is -0.142. The number of nitrogens with one attached hydrogen (secondary N) is 1. The number of ether oxygens (including phenoxy) is 1. The molecular formula is C11H11Cl2NO4. The van der Waals surface area contributed by atoms with Gasteiger partial charge in [0.05, 0.1) is 5.02 Å². The summed E-state index contributed by atoms with van der Waals surface area (Å²) in [5.41, 5.74) is 0. The third-order valence-corrected chi connectivity index (χ3v) is 2.51. The Morgan fingerprint density at radius 3 is 2.61 bits per heavy atom. The Kier molecular flexibility index (Phi) is 5.25. The molecule has 2 N–H and O–H groups in total. The van der Waals surface area contributed by atoms with Crippen molar-refractivity contribution < 1.29 is 19.4 Å². The Bertz CT molecular complexity index is 464. The SMILES string of the molecule is CC(=O)NC(COc1ccc(Cl)cc1Cl)C(=O)O. The Morgan fingerprint density at radius 2 is 2.11 bits per heavy atom. The number of amides is 1. The van der Waals surface area contributed by atoms with E-state index >= 15 is 0 Å². The van der Waals surface area contributed by atoms with E-state index in [0.717, 1.165) is 0 Å². The summed E-state index contributed by atoms with van der Waals surface area (Å²) >= 11 is 11.6. The highest BCUT2D eigenvalue weighted by atomic mass is 35.5. The number of carboxylic acids is 1. The number of carbonyl (C=O) groups excluding carboxylic acids is 1. The first-order valence-corrected chi connectivity index (χ1v) is 5.73. The molecule has 0 bridgehead atoms. The molecule has 1 amide bonds. The summed E-state index contributed by atoms with van der Waals surface area (Å²) < 4.78 is 5.23. The van der Waals surface area contributed by atoms with E-state index in [-0.39, 0.29) is 11.6 Å². The topological polar surface area (TPSA) is 75.6 Å². The van der Waals surface area contributed by atoms with Gasteiger partial charge in [-0.15, -0.1) is 0 Å². The molecule has 18 heavy (non-hydrogen) atoms. The molecule has 0 aromatic heterocycles. The lowest BCUT2D eigenvalue weighted by Crippen LogP contribution is -2.43. The molecule has 0 fully saturated rings. The molecule has 0 saturated carbocycles. The van der Waals surface area contributed by atoms with Crippen LogP contribution in [0.25, 0.3) is 0 Å². The van der Waals surface area contributed by atoms with Crippen LogP contribution in [0.3, 0.4) is 0 Å². The van der Waals surface area contributed by atoms with E-state index in [2.05, 4.69) is 5.32 Å². The predicted octanol–water partition coefficient (Wildman–Crippen LogP) is 1.96. The van der Waals surface area contributed by atoms with Gasteiger partial charge >= 0.3 is 5.97 Å². The molecule has 1 aromatic rings. The molecule has 0 spiro atoms. The third-order valence-electron chi connectivity index (χ3n) is 1.98. The molecule has 98 valence electrons. The number of halogens is 2. The van der Waals surface area contributed by atoms with Gasteiger partial charge in [0, 0.05) is 11.9 Å². The van der Waals surface area contributed by atoms with Crippen molar-refractivity contribution in [3.05, 3.63) is 28.2 Å². The van der Waals surface area contributed by atoms with Crippen molar-refractivity contribution in [2.45, 2.75) is 13.0 Å². The Morgan fingerprint density at radius 1 is 1.44 bits per heavy atom. The smallest absolute Gasteiger partial charge is 0.329 e. The monoisotopic (exact) mass is 291 g/mol. The second-order valence-corrected chi connectivity index (χ2v) is 4.32. The number of carboxylic acid groups (broad SMARTS) is 1. The van der Waals surface area contributed by atoms with Gasteiger partial charge in [0.15, 0.2) is 6.04 Å². The fourth-order valence-electron chi connectivity index (χ4n) is 1.19.